The van der Waals surface area contributed by atoms with E-state index in [1.54, 1.807) is 41.7 Å². The van der Waals surface area contributed by atoms with Crippen LogP contribution in [-0.4, -0.2) is 33.2 Å². The molecule has 1 aromatic carbocycles. The van der Waals surface area contributed by atoms with Gasteiger partial charge in [0.05, 0.1) is 23.2 Å². The first kappa shape index (κ1) is 22.3. The maximum Gasteiger partial charge on any atom is 0.263 e. The van der Waals surface area contributed by atoms with Crippen LogP contribution >= 0.6 is 23.1 Å². The summed E-state index contributed by atoms with van der Waals surface area (Å²) < 4.78 is 1.53. The second-order valence-corrected chi connectivity index (χ2v) is 9.58. The van der Waals surface area contributed by atoms with Crippen LogP contribution in [0.15, 0.2) is 52.9 Å². The van der Waals surface area contributed by atoms with Gasteiger partial charge in [-0.2, -0.15) is 0 Å². The number of hydrogen-bond donors (Lipinski definition) is 1. The van der Waals surface area contributed by atoms with Crippen molar-refractivity contribution in [3.63, 3.8) is 0 Å². The molecule has 0 spiro atoms. The Kier molecular flexibility index (Phi) is 6.76. The lowest BCUT2D eigenvalue weighted by atomic mass is 10.1. The van der Waals surface area contributed by atoms with Crippen molar-refractivity contribution in [1.29, 1.82) is 0 Å². The summed E-state index contributed by atoms with van der Waals surface area (Å²) in [6.45, 7) is 4.01. The third kappa shape index (κ3) is 4.63. The number of carboxylic acids is 1. The van der Waals surface area contributed by atoms with E-state index in [4.69, 9.17) is 0 Å². The average molecular weight is 469 g/mol. The minimum atomic E-state index is -1.34. The molecule has 9 heteroatoms. The molecule has 2 heterocycles. The normalized spacial score (nSPS) is 13.6. The third-order valence-corrected chi connectivity index (χ3v) is 7.50. The molecule has 0 bridgehead atoms. The van der Waals surface area contributed by atoms with Crippen molar-refractivity contribution >= 4 is 45.2 Å². The van der Waals surface area contributed by atoms with Crippen molar-refractivity contribution in [2.24, 2.45) is 0 Å². The van der Waals surface area contributed by atoms with Crippen LogP contribution in [-0.2, 0) is 35.4 Å². The minimum Gasteiger partial charge on any atom is -0.548 e. The van der Waals surface area contributed by atoms with E-state index in [9.17, 15) is 19.5 Å². The number of carbonyl (C=O) groups excluding carboxylic acids is 2. The Morgan fingerprint density at radius 2 is 2.09 bits per heavy atom. The standard InChI is InChI=1S/C23H23N3O4S2/c1-2-11-26-21(28)19-15-9-6-10-17(15)32-20(19)25-23(26)31-13-18(27)24-16(22(29)30)12-14-7-4-3-5-8-14/h2-5,7-8,16H,1,6,9-13H2,(H,24,27)(H,29,30)/p-1. The van der Waals surface area contributed by atoms with Crippen LogP contribution in [0.25, 0.3) is 10.2 Å². The monoisotopic (exact) mass is 468 g/mol. The SMILES string of the molecule is C=CCn1c(SCC(=O)NC(Cc2ccccc2)C(=O)[O-])nc2sc3c(c2c1=O)CCC3. The number of aromatic nitrogens is 2. The van der Waals surface area contributed by atoms with E-state index in [1.807, 2.05) is 6.07 Å². The molecule has 1 aliphatic carbocycles. The highest BCUT2D eigenvalue weighted by atomic mass is 32.2. The van der Waals surface area contributed by atoms with Crippen molar-refractivity contribution in [2.45, 2.75) is 43.4 Å². The molecule has 0 saturated heterocycles. The lowest BCUT2D eigenvalue weighted by Crippen LogP contribution is -2.49. The Hall–Kier alpha value is -2.91. The fraction of sp³-hybridized carbons (Fsp3) is 0.304. The fourth-order valence-corrected chi connectivity index (χ4v) is 5.99. The topological polar surface area (TPSA) is 104 Å². The van der Waals surface area contributed by atoms with Gasteiger partial charge < -0.3 is 15.2 Å². The number of benzene rings is 1. The molecule has 1 unspecified atom stereocenters. The number of allylic oxidation sites excluding steroid dienone is 1. The lowest BCUT2D eigenvalue weighted by molar-refractivity contribution is -0.308. The van der Waals surface area contributed by atoms with Gasteiger partial charge in [-0.25, -0.2) is 4.98 Å². The third-order valence-electron chi connectivity index (χ3n) is 5.34. The van der Waals surface area contributed by atoms with E-state index in [0.717, 1.165) is 42.2 Å². The lowest BCUT2D eigenvalue weighted by Gasteiger charge is -2.20. The zero-order valence-corrected chi connectivity index (χ0v) is 19.0. The summed E-state index contributed by atoms with van der Waals surface area (Å²) >= 11 is 2.65. The molecule has 32 heavy (non-hydrogen) atoms. The quantitative estimate of drug-likeness (QED) is 0.291. The van der Waals surface area contributed by atoms with Crippen molar-refractivity contribution in [3.05, 3.63) is 69.3 Å². The summed E-state index contributed by atoms with van der Waals surface area (Å²) in [7, 11) is 0. The molecule has 1 atom stereocenters. The number of rotatable bonds is 9. The first-order chi connectivity index (χ1) is 15.5. The van der Waals surface area contributed by atoms with Gasteiger partial charge in [-0.3, -0.25) is 14.2 Å². The molecule has 1 amide bonds. The van der Waals surface area contributed by atoms with Gasteiger partial charge in [0, 0.05) is 11.4 Å². The summed E-state index contributed by atoms with van der Waals surface area (Å²) in [5.41, 5.74) is 1.77. The number of nitrogens with zero attached hydrogens (tertiary/aromatic N) is 2. The number of carbonyl (C=O) groups is 2. The predicted octanol–water partition coefficient (Wildman–Crippen LogP) is 1.70. The number of hydrogen-bond acceptors (Lipinski definition) is 7. The highest BCUT2D eigenvalue weighted by molar-refractivity contribution is 7.99. The van der Waals surface area contributed by atoms with E-state index in [-0.39, 0.29) is 24.3 Å². The highest BCUT2D eigenvalue weighted by Gasteiger charge is 2.23. The number of aliphatic carboxylic acids is 1. The Labute approximate surface area is 193 Å². The molecule has 1 aliphatic rings. The van der Waals surface area contributed by atoms with Crippen LogP contribution < -0.4 is 16.0 Å². The highest BCUT2D eigenvalue weighted by Crippen LogP contribution is 2.35. The molecule has 0 saturated carbocycles. The molecule has 166 valence electrons. The summed E-state index contributed by atoms with van der Waals surface area (Å²) in [6.07, 6.45) is 4.66. The van der Waals surface area contributed by atoms with Gasteiger partial charge >= 0.3 is 0 Å². The van der Waals surface area contributed by atoms with E-state index < -0.39 is 17.9 Å². The molecule has 4 rings (SSSR count). The summed E-state index contributed by atoms with van der Waals surface area (Å²) in [5, 5.41) is 15.1. The van der Waals surface area contributed by atoms with Crippen LogP contribution in [0.4, 0.5) is 0 Å². The number of thiophene rings is 1. The number of thioether (sulfide) groups is 1. The molecule has 1 N–H and O–H groups in total. The van der Waals surface area contributed by atoms with E-state index >= 15 is 0 Å². The van der Waals surface area contributed by atoms with Gasteiger partial charge in [-0.15, -0.1) is 17.9 Å². The van der Waals surface area contributed by atoms with E-state index in [1.165, 1.54) is 9.44 Å². The van der Waals surface area contributed by atoms with Crippen molar-refractivity contribution in [3.8, 4) is 0 Å². The summed E-state index contributed by atoms with van der Waals surface area (Å²) in [4.78, 5) is 43.7. The average Bonchev–Trinajstić information content (AvgIpc) is 3.35. The molecular formula is C23H22N3O4S2-. The molecule has 0 aliphatic heterocycles. The smallest absolute Gasteiger partial charge is 0.263 e. The number of fused-ring (bicyclic) bond motifs is 3. The van der Waals surface area contributed by atoms with Crippen LogP contribution in [0.1, 0.15) is 22.4 Å². The number of aryl methyl sites for hydroxylation is 2. The maximum absolute atomic E-state index is 13.2. The first-order valence-corrected chi connectivity index (χ1v) is 12.1. The van der Waals surface area contributed by atoms with Gasteiger partial charge in [-0.05, 0) is 36.8 Å². The fourth-order valence-electron chi connectivity index (χ4n) is 3.87. The molecule has 3 aromatic rings. The minimum absolute atomic E-state index is 0.0707. The van der Waals surface area contributed by atoms with Crippen LogP contribution in [0.2, 0.25) is 0 Å². The molecule has 0 fully saturated rings. The molecule has 7 nitrogen and oxygen atoms in total. The van der Waals surface area contributed by atoms with Gasteiger partial charge in [0.2, 0.25) is 5.91 Å². The number of carboxylic acid groups (broad SMARTS) is 1. The van der Waals surface area contributed by atoms with Crippen molar-refractivity contribution < 1.29 is 14.7 Å². The maximum atomic E-state index is 13.2. The van der Waals surface area contributed by atoms with Gasteiger partial charge in [0.1, 0.15) is 4.83 Å². The summed E-state index contributed by atoms with van der Waals surface area (Å²) in [5.74, 6) is -1.88. The Morgan fingerprint density at radius 1 is 1.31 bits per heavy atom. The second-order valence-electron chi connectivity index (χ2n) is 7.55. The van der Waals surface area contributed by atoms with E-state index in [0.29, 0.717) is 15.4 Å². The van der Waals surface area contributed by atoms with Gasteiger partial charge in [0.25, 0.3) is 5.56 Å². The number of amides is 1. The zero-order valence-electron chi connectivity index (χ0n) is 17.3. The predicted molar refractivity (Wildman–Crippen MR) is 124 cm³/mol. The Bertz CT molecular complexity index is 1230. The Balaban J connectivity index is 1.51. The summed E-state index contributed by atoms with van der Waals surface area (Å²) in [6, 6.07) is 7.89. The first-order valence-electron chi connectivity index (χ1n) is 10.3. The van der Waals surface area contributed by atoms with Crippen molar-refractivity contribution in [2.75, 3.05) is 5.75 Å². The van der Waals surface area contributed by atoms with Crippen LogP contribution in [0.5, 0.6) is 0 Å². The van der Waals surface area contributed by atoms with Gasteiger partial charge in [-0.1, -0.05) is 48.2 Å². The largest absolute Gasteiger partial charge is 0.548 e. The van der Waals surface area contributed by atoms with Crippen LogP contribution in [0.3, 0.4) is 0 Å². The second kappa shape index (κ2) is 9.70. The molecule has 2 aromatic heterocycles. The molecule has 0 radical (unpaired) electrons. The van der Waals surface area contributed by atoms with Gasteiger partial charge in [0.15, 0.2) is 5.16 Å². The van der Waals surface area contributed by atoms with Crippen molar-refractivity contribution in [1.82, 2.24) is 14.9 Å². The zero-order chi connectivity index (χ0) is 22.7. The Morgan fingerprint density at radius 3 is 2.81 bits per heavy atom. The van der Waals surface area contributed by atoms with E-state index in [2.05, 4.69) is 16.9 Å². The van der Waals surface area contributed by atoms with Crippen LogP contribution in [0, 0.1) is 0 Å². The number of nitrogens with one attached hydrogen (secondary N) is 1. The molecular weight excluding hydrogens is 446 g/mol.